The SMILES string of the molecule is O=C1/C(=C/c2c(F)cccc2Cl)Oc2c1ccc1c2CN(C2CCCCC2)CO1. The molecule has 29 heavy (non-hydrogen) atoms. The lowest BCUT2D eigenvalue weighted by molar-refractivity contribution is 0.0394. The number of carbonyl (C=O) groups excluding carboxylic acids is 1. The minimum atomic E-state index is -0.494. The van der Waals surface area contributed by atoms with Gasteiger partial charge in [-0.15, -0.1) is 0 Å². The monoisotopic (exact) mass is 413 g/mol. The van der Waals surface area contributed by atoms with Gasteiger partial charge in [-0.2, -0.15) is 0 Å². The quantitative estimate of drug-likeness (QED) is 0.602. The number of fused-ring (bicyclic) bond motifs is 3. The fraction of sp³-hybridized carbons (Fsp3) is 0.348. The third kappa shape index (κ3) is 3.32. The predicted octanol–water partition coefficient (Wildman–Crippen LogP) is 5.58. The van der Waals surface area contributed by atoms with E-state index < -0.39 is 5.82 Å². The molecule has 150 valence electrons. The van der Waals surface area contributed by atoms with Gasteiger partial charge < -0.3 is 9.47 Å². The van der Waals surface area contributed by atoms with E-state index in [0.29, 0.717) is 30.6 Å². The van der Waals surface area contributed by atoms with Crippen LogP contribution in [0.4, 0.5) is 4.39 Å². The summed E-state index contributed by atoms with van der Waals surface area (Å²) in [5.74, 6) is 0.582. The van der Waals surface area contributed by atoms with E-state index in [1.54, 1.807) is 12.1 Å². The summed E-state index contributed by atoms with van der Waals surface area (Å²) in [6.07, 6.45) is 7.50. The van der Waals surface area contributed by atoms with Crippen molar-refractivity contribution in [1.82, 2.24) is 4.90 Å². The summed E-state index contributed by atoms with van der Waals surface area (Å²) in [6, 6.07) is 8.46. The second kappa shape index (κ2) is 7.47. The fourth-order valence-corrected chi connectivity index (χ4v) is 4.65. The van der Waals surface area contributed by atoms with Crippen LogP contribution < -0.4 is 9.47 Å². The summed E-state index contributed by atoms with van der Waals surface area (Å²) in [6.45, 7) is 1.24. The number of allylic oxidation sites excluding steroid dienone is 1. The standard InChI is InChI=1S/C23H21ClFNO3/c24-18-7-4-8-19(25)16(18)11-21-22(27)15-9-10-20-17(23(15)29-21)12-26(13-28-20)14-5-2-1-3-6-14/h4,7-11,14H,1-3,5-6,12-13H2/b21-11-. The third-order valence-electron chi connectivity index (χ3n) is 6.01. The van der Waals surface area contributed by atoms with E-state index in [1.807, 2.05) is 6.07 Å². The van der Waals surface area contributed by atoms with Gasteiger partial charge in [0, 0.05) is 18.2 Å². The van der Waals surface area contributed by atoms with E-state index in [4.69, 9.17) is 21.1 Å². The van der Waals surface area contributed by atoms with Crippen molar-refractivity contribution < 1.29 is 18.7 Å². The first-order chi connectivity index (χ1) is 14.1. The molecule has 1 fully saturated rings. The van der Waals surface area contributed by atoms with E-state index in [0.717, 1.165) is 11.3 Å². The molecule has 0 spiro atoms. The highest BCUT2D eigenvalue weighted by atomic mass is 35.5. The van der Waals surface area contributed by atoms with Gasteiger partial charge in [0.05, 0.1) is 16.1 Å². The van der Waals surface area contributed by atoms with Gasteiger partial charge in [-0.3, -0.25) is 9.69 Å². The Bertz CT molecular complexity index is 993. The fourth-order valence-electron chi connectivity index (χ4n) is 4.44. The van der Waals surface area contributed by atoms with Crippen molar-refractivity contribution in [3.8, 4) is 11.5 Å². The number of halogens is 2. The van der Waals surface area contributed by atoms with E-state index in [2.05, 4.69) is 4.90 Å². The van der Waals surface area contributed by atoms with Crippen LogP contribution in [0.5, 0.6) is 11.5 Å². The molecule has 0 radical (unpaired) electrons. The zero-order valence-corrected chi connectivity index (χ0v) is 16.7. The van der Waals surface area contributed by atoms with Crippen molar-refractivity contribution in [2.75, 3.05) is 6.73 Å². The summed E-state index contributed by atoms with van der Waals surface area (Å²) in [5, 5.41) is 0.235. The number of nitrogens with zero attached hydrogens (tertiary/aromatic N) is 1. The second-order valence-corrected chi connectivity index (χ2v) is 8.21. The Morgan fingerprint density at radius 3 is 2.76 bits per heavy atom. The van der Waals surface area contributed by atoms with Crippen molar-refractivity contribution in [3.63, 3.8) is 0 Å². The maximum Gasteiger partial charge on any atom is 0.231 e. The van der Waals surface area contributed by atoms with Crippen LogP contribution in [0.25, 0.3) is 6.08 Å². The molecule has 1 aliphatic carbocycles. The van der Waals surface area contributed by atoms with E-state index in [-0.39, 0.29) is 22.1 Å². The lowest BCUT2D eigenvalue weighted by Gasteiger charge is -2.37. The van der Waals surface area contributed by atoms with E-state index in [1.165, 1.54) is 50.3 Å². The number of rotatable bonds is 2. The average molecular weight is 414 g/mol. The van der Waals surface area contributed by atoms with E-state index >= 15 is 0 Å². The number of ketones is 1. The molecule has 5 rings (SSSR count). The molecule has 2 heterocycles. The molecule has 4 nitrogen and oxygen atoms in total. The average Bonchev–Trinajstić information content (AvgIpc) is 3.07. The summed E-state index contributed by atoms with van der Waals surface area (Å²) in [4.78, 5) is 15.2. The highest BCUT2D eigenvalue weighted by Gasteiger charge is 2.35. The Hall–Kier alpha value is -2.37. The van der Waals surface area contributed by atoms with Crippen molar-refractivity contribution >= 4 is 23.5 Å². The maximum absolute atomic E-state index is 14.2. The molecular weight excluding hydrogens is 393 g/mol. The third-order valence-corrected chi connectivity index (χ3v) is 6.34. The number of benzene rings is 2. The first kappa shape index (κ1) is 18.6. The largest absolute Gasteiger partial charge is 0.478 e. The number of carbonyl (C=O) groups is 1. The molecule has 6 heteroatoms. The molecule has 3 aliphatic rings. The van der Waals surface area contributed by atoms with Gasteiger partial charge in [-0.1, -0.05) is 36.9 Å². The Morgan fingerprint density at radius 1 is 1.14 bits per heavy atom. The minimum absolute atomic E-state index is 0.0789. The zero-order chi connectivity index (χ0) is 20.0. The predicted molar refractivity (Wildman–Crippen MR) is 109 cm³/mol. The molecule has 0 N–H and O–H groups in total. The van der Waals surface area contributed by atoms with Crippen molar-refractivity contribution in [2.24, 2.45) is 0 Å². The van der Waals surface area contributed by atoms with Gasteiger partial charge >= 0.3 is 0 Å². The molecule has 0 amide bonds. The Morgan fingerprint density at radius 2 is 1.97 bits per heavy atom. The highest BCUT2D eigenvalue weighted by molar-refractivity contribution is 6.32. The van der Waals surface area contributed by atoms with Crippen LogP contribution >= 0.6 is 11.6 Å². The number of hydrogen-bond donors (Lipinski definition) is 0. The van der Waals surface area contributed by atoms with E-state index in [9.17, 15) is 9.18 Å². The molecule has 0 unspecified atom stereocenters. The second-order valence-electron chi connectivity index (χ2n) is 7.81. The molecule has 0 bridgehead atoms. The molecule has 2 aliphatic heterocycles. The van der Waals surface area contributed by atoms with Gasteiger partial charge in [-0.25, -0.2) is 4.39 Å². The summed E-state index contributed by atoms with van der Waals surface area (Å²) in [7, 11) is 0. The molecule has 2 aromatic rings. The first-order valence-corrected chi connectivity index (χ1v) is 10.4. The molecule has 1 saturated carbocycles. The van der Waals surface area contributed by atoms with Gasteiger partial charge in [0.2, 0.25) is 5.78 Å². The normalized spacial score (nSPS) is 20.9. The molecule has 0 atom stereocenters. The Balaban J connectivity index is 1.48. The van der Waals surface area contributed by atoms with Gasteiger partial charge in [0.25, 0.3) is 0 Å². The molecule has 0 saturated heterocycles. The lowest BCUT2D eigenvalue weighted by Crippen LogP contribution is -2.41. The molecule has 0 aromatic heterocycles. The van der Waals surface area contributed by atoms with Crippen LogP contribution in [0, 0.1) is 5.82 Å². The van der Waals surface area contributed by atoms with Crippen LogP contribution in [0.3, 0.4) is 0 Å². The number of ether oxygens (including phenoxy) is 2. The van der Waals surface area contributed by atoms with Crippen LogP contribution in [0.2, 0.25) is 5.02 Å². The smallest absolute Gasteiger partial charge is 0.231 e. The topological polar surface area (TPSA) is 38.8 Å². The summed E-state index contributed by atoms with van der Waals surface area (Å²) < 4.78 is 26.1. The molecular formula is C23H21ClFNO3. The Kier molecular flexibility index (Phi) is 4.80. The first-order valence-electron chi connectivity index (χ1n) is 10.0. The van der Waals surface area contributed by atoms with Crippen LogP contribution in [0.15, 0.2) is 36.1 Å². The number of Topliss-reactive ketones (excluding diaryl/α,β-unsaturated/α-hetero) is 1. The van der Waals surface area contributed by atoms with Crippen molar-refractivity contribution in [3.05, 3.63) is 63.6 Å². The minimum Gasteiger partial charge on any atom is -0.478 e. The van der Waals surface area contributed by atoms with Gasteiger partial charge in [0.1, 0.15) is 24.0 Å². The highest BCUT2D eigenvalue weighted by Crippen LogP contribution is 2.43. The Labute approximate surface area is 173 Å². The van der Waals surface area contributed by atoms with Crippen LogP contribution in [0.1, 0.15) is 53.6 Å². The maximum atomic E-state index is 14.2. The number of hydrogen-bond acceptors (Lipinski definition) is 4. The van der Waals surface area contributed by atoms with Crippen molar-refractivity contribution in [2.45, 2.75) is 44.7 Å². The van der Waals surface area contributed by atoms with Crippen LogP contribution in [-0.4, -0.2) is 23.5 Å². The summed E-state index contributed by atoms with van der Waals surface area (Å²) >= 11 is 6.11. The lowest BCUT2D eigenvalue weighted by atomic mass is 9.93. The summed E-state index contributed by atoms with van der Waals surface area (Å²) in [5.41, 5.74) is 1.52. The zero-order valence-electron chi connectivity index (χ0n) is 15.9. The van der Waals surface area contributed by atoms with Crippen molar-refractivity contribution in [1.29, 1.82) is 0 Å². The van der Waals surface area contributed by atoms with Gasteiger partial charge in [-0.05, 0) is 43.2 Å². The van der Waals surface area contributed by atoms with Gasteiger partial charge in [0.15, 0.2) is 5.76 Å². The molecule has 2 aromatic carbocycles. The van der Waals surface area contributed by atoms with Crippen LogP contribution in [-0.2, 0) is 6.54 Å².